The molecule has 0 aliphatic carbocycles. The number of aryl methyl sites for hydroxylation is 1. The van der Waals surface area contributed by atoms with Crippen molar-refractivity contribution in [2.24, 2.45) is 0 Å². The molecule has 2 N–H and O–H groups in total. The van der Waals surface area contributed by atoms with E-state index in [4.69, 9.17) is 9.47 Å². The topological polar surface area (TPSA) is 114 Å². The number of hydrogen-bond acceptors (Lipinski definition) is 7. The van der Waals surface area contributed by atoms with Gasteiger partial charge in [-0.05, 0) is 98.3 Å². The molecule has 0 fully saturated rings. The highest BCUT2D eigenvalue weighted by Gasteiger charge is 2.44. The first kappa shape index (κ1) is 39.6. The van der Waals surface area contributed by atoms with Crippen LogP contribution in [0.4, 0.5) is 4.79 Å². The molecule has 2 aromatic rings. The van der Waals surface area contributed by atoms with Crippen LogP contribution in [-0.4, -0.2) is 69.6 Å². The highest BCUT2D eigenvalue weighted by molar-refractivity contribution is 7.98. The van der Waals surface area contributed by atoms with Gasteiger partial charge in [0.25, 0.3) is 0 Å². The third kappa shape index (κ3) is 12.9. The van der Waals surface area contributed by atoms with Crippen LogP contribution < -0.4 is 10.6 Å². The Bertz CT molecular complexity index is 1330. The van der Waals surface area contributed by atoms with Gasteiger partial charge in [-0.1, -0.05) is 67.1 Å². The number of carbonyl (C=O) groups excluding carboxylic acids is 4. The molecule has 3 amide bonds. The molecule has 2 rings (SSSR count). The molecule has 0 saturated carbocycles. The molecule has 0 aliphatic heterocycles. The normalized spacial score (nSPS) is 13.9. The molecule has 0 aromatic heterocycles. The Labute approximate surface area is 285 Å². The van der Waals surface area contributed by atoms with Crippen LogP contribution in [0.25, 0.3) is 0 Å². The lowest BCUT2D eigenvalue weighted by atomic mass is 9.91. The second kappa shape index (κ2) is 17.0. The molecule has 10 heteroatoms. The van der Waals surface area contributed by atoms with Crippen LogP contribution in [0, 0.1) is 6.92 Å². The molecule has 3 atom stereocenters. The summed E-state index contributed by atoms with van der Waals surface area (Å²) in [6.07, 6.45) is 2.25. The van der Waals surface area contributed by atoms with Crippen LogP contribution in [0.15, 0.2) is 54.6 Å². The van der Waals surface area contributed by atoms with Gasteiger partial charge in [-0.25, -0.2) is 9.59 Å². The molecule has 0 radical (unpaired) electrons. The predicted octanol–water partition coefficient (Wildman–Crippen LogP) is 6.77. The molecule has 0 heterocycles. The first-order valence-electron chi connectivity index (χ1n) is 16.2. The number of hydrogen-bond donors (Lipinski definition) is 2. The number of esters is 1. The number of thioether (sulfide) groups is 1. The maximum Gasteiger partial charge on any atom is 0.408 e. The number of amides is 3. The predicted molar refractivity (Wildman–Crippen MR) is 189 cm³/mol. The van der Waals surface area contributed by atoms with Gasteiger partial charge in [-0.15, -0.1) is 0 Å². The summed E-state index contributed by atoms with van der Waals surface area (Å²) in [6.45, 7) is 18.3. The maximum absolute atomic E-state index is 14.7. The van der Waals surface area contributed by atoms with Crippen molar-refractivity contribution in [3.05, 3.63) is 71.3 Å². The first-order valence-corrected chi connectivity index (χ1v) is 17.6. The molecule has 0 bridgehead atoms. The van der Waals surface area contributed by atoms with E-state index in [1.807, 2.05) is 88.5 Å². The lowest BCUT2D eigenvalue weighted by molar-refractivity contribution is -0.159. The van der Waals surface area contributed by atoms with E-state index in [-0.39, 0.29) is 6.42 Å². The summed E-state index contributed by atoms with van der Waals surface area (Å²) in [4.78, 5) is 57.4. The molecule has 9 nitrogen and oxygen atoms in total. The zero-order chi connectivity index (χ0) is 35.6. The Hall–Kier alpha value is -3.53. The molecule has 3 unspecified atom stereocenters. The fourth-order valence-electron chi connectivity index (χ4n) is 4.89. The van der Waals surface area contributed by atoms with Crippen molar-refractivity contribution in [3.8, 4) is 0 Å². The molecule has 0 saturated heterocycles. The lowest BCUT2D eigenvalue weighted by Gasteiger charge is -2.45. The van der Waals surface area contributed by atoms with E-state index in [1.54, 1.807) is 58.2 Å². The van der Waals surface area contributed by atoms with Gasteiger partial charge in [0.2, 0.25) is 11.8 Å². The number of nitrogens with zero attached hydrogens (tertiary/aromatic N) is 1. The number of carbonyl (C=O) groups is 4. The summed E-state index contributed by atoms with van der Waals surface area (Å²) < 4.78 is 11.3. The molecule has 47 heavy (non-hydrogen) atoms. The minimum absolute atomic E-state index is 0.198. The Morgan fingerprint density at radius 1 is 0.809 bits per heavy atom. The van der Waals surface area contributed by atoms with Crippen LogP contribution in [0.3, 0.4) is 0 Å². The maximum atomic E-state index is 14.7. The van der Waals surface area contributed by atoms with Gasteiger partial charge in [0.1, 0.15) is 29.3 Å². The molecular formula is C37H55N3O6S. The number of benzene rings is 2. The van der Waals surface area contributed by atoms with Crippen LogP contribution >= 0.6 is 11.8 Å². The number of rotatable bonds is 14. The smallest absolute Gasteiger partial charge is 0.408 e. The lowest BCUT2D eigenvalue weighted by Crippen LogP contribution is -2.60. The minimum Gasteiger partial charge on any atom is -0.458 e. The third-order valence-corrected chi connectivity index (χ3v) is 8.19. The second-order valence-electron chi connectivity index (χ2n) is 14.5. The van der Waals surface area contributed by atoms with Gasteiger partial charge in [0.05, 0.1) is 0 Å². The summed E-state index contributed by atoms with van der Waals surface area (Å²) in [7, 11) is 0. The minimum atomic E-state index is -1.13. The molecule has 260 valence electrons. The fourth-order valence-corrected chi connectivity index (χ4v) is 5.36. The molecule has 2 aromatic carbocycles. The van der Waals surface area contributed by atoms with E-state index >= 15 is 0 Å². The van der Waals surface area contributed by atoms with Gasteiger partial charge >= 0.3 is 12.1 Å². The second-order valence-corrected chi connectivity index (χ2v) is 15.4. The van der Waals surface area contributed by atoms with Crippen molar-refractivity contribution >= 4 is 35.6 Å². The van der Waals surface area contributed by atoms with Gasteiger partial charge in [0.15, 0.2) is 0 Å². The van der Waals surface area contributed by atoms with E-state index in [9.17, 15) is 19.2 Å². The Kier molecular flexibility index (Phi) is 14.4. The van der Waals surface area contributed by atoms with Crippen LogP contribution in [-0.2, 0) is 30.3 Å². The zero-order valence-corrected chi connectivity index (χ0v) is 30.9. The fraction of sp³-hybridized carbons (Fsp3) is 0.568. The van der Waals surface area contributed by atoms with Crippen LogP contribution in [0.2, 0.25) is 0 Å². The quantitative estimate of drug-likeness (QED) is 0.214. The SMILES string of the molecule is CCC(C)(C)N(C(=O)C(CCSC)NC(=O)OC(C)(C)C)C(C(=O)NC(Cc1ccccc1)C(=O)OC(C)(C)C)c1ccc(C)cc1. The number of alkyl carbamates (subject to hydrolysis) is 1. The van der Waals surface area contributed by atoms with Crippen molar-refractivity contribution in [2.45, 2.75) is 123 Å². The average Bonchev–Trinajstić information content (AvgIpc) is 2.96. The summed E-state index contributed by atoms with van der Waals surface area (Å²) in [5.74, 6) is -0.939. The summed E-state index contributed by atoms with van der Waals surface area (Å²) in [5, 5.41) is 5.75. The summed E-state index contributed by atoms with van der Waals surface area (Å²) >= 11 is 1.55. The van der Waals surface area contributed by atoms with Crippen molar-refractivity contribution in [1.29, 1.82) is 0 Å². The summed E-state index contributed by atoms with van der Waals surface area (Å²) in [5.41, 5.74) is 0.0253. The Balaban J connectivity index is 2.68. The van der Waals surface area contributed by atoms with Gasteiger partial charge in [0, 0.05) is 12.0 Å². The number of ether oxygens (including phenoxy) is 2. The van der Waals surface area contributed by atoms with Crippen LogP contribution in [0.1, 0.15) is 97.9 Å². The van der Waals surface area contributed by atoms with Crippen molar-refractivity contribution in [2.75, 3.05) is 12.0 Å². The molecule has 0 spiro atoms. The monoisotopic (exact) mass is 669 g/mol. The van der Waals surface area contributed by atoms with Crippen molar-refractivity contribution in [1.82, 2.24) is 15.5 Å². The summed E-state index contributed by atoms with van der Waals surface area (Å²) in [6, 6.07) is 13.7. The van der Waals surface area contributed by atoms with E-state index in [1.165, 1.54) is 0 Å². The van der Waals surface area contributed by atoms with Gasteiger partial charge in [-0.3, -0.25) is 9.59 Å². The highest BCUT2D eigenvalue weighted by atomic mass is 32.2. The van der Waals surface area contributed by atoms with E-state index in [0.717, 1.165) is 11.1 Å². The van der Waals surface area contributed by atoms with Crippen molar-refractivity contribution < 1.29 is 28.7 Å². The zero-order valence-electron chi connectivity index (χ0n) is 30.1. The van der Waals surface area contributed by atoms with Crippen molar-refractivity contribution in [3.63, 3.8) is 0 Å². The average molecular weight is 670 g/mol. The third-order valence-electron chi connectivity index (χ3n) is 7.54. The van der Waals surface area contributed by atoms with Gasteiger partial charge in [-0.2, -0.15) is 11.8 Å². The molecule has 0 aliphatic rings. The van der Waals surface area contributed by atoms with E-state index in [0.29, 0.717) is 24.2 Å². The Morgan fingerprint density at radius 2 is 1.38 bits per heavy atom. The number of nitrogens with one attached hydrogen (secondary N) is 2. The molecular weight excluding hydrogens is 614 g/mol. The Morgan fingerprint density at radius 3 is 1.89 bits per heavy atom. The van der Waals surface area contributed by atoms with E-state index < -0.39 is 58.7 Å². The highest BCUT2D eigenvalue weighted by Crippen LogP contribution is 2.33. The van der Waals surface area contributed by atoms with Gasteiger partial charge < -0.3 is 25.0 Å². The van der Waals surface area contributed by atoms with Crippen LogP contribution in [0.5, 0.6) is 0 Å². The van der Waals surface area contributed by atoms with E-state index in [2.05, 4.69) is 10.6 Å². The standard InChI is InChI=1S/C37H55N3O6S/c1-12-37(9,10)40(32(42)28(22-23-47-11)39-34(44)46-36(6,7)8)30(27-20-18-25(2)19-21-27)31(41)38-29(33(43)45-35(3,4)5)24-26-16-14-13-15-17-26/h13-21,28-30H,12,22-24H2,1-11H3,(H,38,41)(H,39,44). The largest absolute Gasteiger partial charge is 0.458 e. The first-order chi connectivity index (χ1) is 21.8.